The van der Waals surface area contributed by atoms with E-state index in [0.29, 0.717) is 13.0 Å². The first-order valence-electron chi connectivity index (χ1n) is 8.59. The summed E-state index contributed by atoms with van der Waals surface area (Å²) in [6, 6.07) is 16.2. The van der Waals surface area contributed by atoms with Crippen molar-refractivity contribution in [1.82, 2.24) is 4.57 Å². The Morgan fingerprint density at radius 1 is 1.23 bits per heavy atom. The zero-order valence-electron chi connectivity index (χ0n) is 15.0. The van der Waals surface area contributed by atoms with Gasteiger partial charge >= 0.3 is 0 Å². The molecule has 0 aliphatic carbocycles. The van der Waals surface area contributed by atoms with Crippen molar-refractivity contribution in [3.8, 4) is 6.07 Å². The highest BCUT2D eigenvalue weighted by molar-refractivity contribution is 6.03. The van der Waals surface area contributed by atoms with Crippen molar-refractivity contribution in [1.29, 1.82) is 5.26 Å². The average molecular weight is 343 g/mol. The van der Waals surface area contributed by atoms with Gasteiger partial charge in [-0.2, -0.15) is 5.26 Å². The van der Waals surface area contributed by atoms with Gasteiger partial charge < -0.3 is 9.88 Å². The first-order valence-corrected chi connectivity index (χ1v) is 8.59. The van der Waals surface area contributed by atoms with E-state index >= 15 is 0 Å². The van der Waals surface area contributed by atoms with Crippen LogP contribution >= 0.6 is 0 Å². The van der Waals surface area contributed by atoms with Crippen molar-refractivity contribution in [3.05, 3.63) is 71.4 Å². The molecule has 4 heteroatoms. The number of nitrogens with zero attached hydrogens (tertiary/aromatic N) is 2. The first kappa shape index (κ1) is 17.5. The predicted molar refractivity (Wildman–Crippen MR) is 106 cm³/mol. The maximum atomic E-state index is 12.3. The smallest absolute Gasteiger partial charge is 0.248 e. The van der Waals surface area contributed by atoms with E-state index in [0.717, 1.165) is 33.3 Å². The topological polar surface area (TPSA) is 57.8 Å². The highest BCUT2D eigenvalue weighted by Crippen LogP contribution is 2.23. The monoisotopic (exact) mass is 343 g/mol. The van der Waals surface area contributed by atoms with Crippen LogP contribution in [0, 0.1) is 25.2 Å². The lowest BCUT2D eigenvalue weighted by atomic mass is 10.1. The third-order valence-electron chi connectivity index (χ3n) is 4.35. The van der Waals surface area contributed by atoms with Gasteiger partial charge in [-0.25, -0.2) is 0 Å². The maximum Gasteiger partial charge on any atom is 0.248 e. The van der Waals surface area contributed by atoms with Gasteiger partial charge in [0.2, 0.25) is 5.91 Å². The molecular formula is C22H21N3O. The Bertz CT molecular complexity index is 1020. The van der Waals surface area contributed by atoms with Crippen LogP contribution in [0.3, 0.4) is 0 Å². The van der Waals surface area contributed by atoms with E-state index in [1.807, 2.05) is 68.6 Å². The largest absolute Gasteiger partial charge is 0.346 e. The molecule has 0 saturated carbocycles. The lowest BCUT2D eigenvalue weighted by molar-refractivity contribution is -0.111. The minimum Gasteiger partial charge on any atom is -0.346 e. The minimum absolute atomic E-state index is 0.160. The van der Waals surface area contributed by atoms with Crippen molar-refractivity contribution in [2.24, 2.45) is 0 Å². The fraction of sp³-hybridized carbons (Fsp3) is 0.182. The quantitative estimate of drug-likeness (QED) is 0.675. The average Bonchev–Trinajstić information content (AvgIpc) is 2.99. The number of anilines is 1. The van der Waals surface area contributed by atoms with E-state index in [1.54, 1.807) is 6.08 Å². The Balaban J connectivity index is 1.83. The number of amides is 1. The maximum absolute atomic E-state index is 12.3. The molecule has 3 aromatic rings. The van der Waals surface area contributed by atoms with Crippen LogP contribution < -0.4 is 5.32 Å². The Kier molecular flexibility index (Phi) is 5.19. The van der Waals surface area contributed by atoms with Crippen molar-refractivity contribution in [2.45, 2.75) is 26.8 Å². The van der Waals surface area contributed by atoms with Gasteiger partial charge in [0, 0.05) is 41.0 Å². The molecule has 0 spiro atoms. The third-order valence-corrected chi connectivity index (χ3v) is 4.35. The molecule has 0 bridgehead atoms. The highest BCUT2D eigenvalue weighted by Gasteiger charge is 2.07. The van der Waals surface area contributed by atoms with Gasteiger partial charge in [0.1, 0.15) is 0 Å². The normalized spacial score (nSPS) is 11.0. The summed E-state index contributed by atoms with van der Waals surface area (Å²) in [6.45, 7) is 4.61. The van der Waals surface area contributed by atoms with Crippen LogP contribution in [-0.4, -0.2) is 10.5 Å². The molecule has 0 atom stereocenters. The van der Waals surface area contributed by atoms with Crippen LogP contribution in [0.4, 0.5) is 5.69 Å². The summed E-state index contributed by atoms with van der Waals surface area (Å²) >= 11 is 0. The summed E-state index contributed by atoms with van der Waals surface area (Å²) in [5.74, 6) is -0.160. The molecule has 26 heavy (non-hydrogen) atoms. The molecule has 0 saturated heterocycles. The number of aryl methyl sites for hydroxylation is 3. The number of fused-ring (bicyclic) bond motifs is 1. The second kappa shape index (κ2) is 7.71. The summed E-state index contributed by atoms with van der Waals surface area (Å²) in [5, 5.41) is 12.8. The zero-order chi connectivity index (χ0) is 18.5. The number of benzene rings is 2. The van der Waals surface area contributed by atoms with Crippen molar-refractivity contribution in [3.63, 3.8) is 0 Å². The van der Waals surface area contributed by atoms with Gasteiger partial charge in [-0.05, 0) is 43.2 Å². The van der Waals surface area contributed by atoms with Gasteiger partial charge in [0.25, 0.3) is 0 Å². The lowest BCUT2D eigenvalue weighted by Crippen LogP contribution is -2.09. The summed E-state index contributed by atoms with van der Waals surface area (Å²) < 4.78 is 2.06. The Hall–Kier alpha value is -3.32. The molecule has 2 aromatic carbocycles. The second-order valence-electron chi connectivity index (χ2n) is 6.34. The van der Waals surface area contributed by atoms with E-state index in [9.17, 15) is 4.79 Å². The van der Waals surface area contributed by atoms with Crippen LogP contribution in [0.5, 0.6) is 0 Å². The molecule has 130 valence electrons. The summed E-state index contributed by atoms with van der Waals surface area (Å²) in [4.78, 5) is 12.3. The van der Waals surface area contributed by atoms with E-state index in [1.165, 1.54) is 0 Å². The standard InChI is InChI=1S/C22H21N3O/c1-16-8-9-17(2)20(14-16)24-22(26)11-10-18-15-25(13-5-12-23)21-7-4-3-6-19(18)21/h3-4,6-11,14-15H,5,13H2,1-2H3,(H,24,26)/b11-10+. The molecule has 0 fully saturated rings. The summed E-state index contributed by atoms with van der Waals surface area (Å²) in [6.07, 6.45) is 5.82. The van der Waals surface area contributed by atoms with Gasteiger partial charge in [0.05, 0.1) is 12.5 Å². The Labute approximate surface area is 153 Å². The first-order chi connectivity index (χ1) is 12.6. The van der Waals surface area contributed by atoms with Crippen molar-refractivity contribution < 1.29 is 4.79 Å². The number of hydrogen-bond donors (Lipinski definition) is 1. The SMILES string of the molecule is Cc1ccc(C)c(NC(=O)/C=C/c2cn(CCC#N)c3ccccc23)c1. The molecule has 1 amide bonds. The molecule has 4 nitrogen and oxygen atoms in total. The van der Waals surface area contributed by atoms with E-state index in [-0.39, 0.29) is 5.91 Å². The molecular weight excluding hydrogens is 322 g/mol. The fourth-order valence-electron chi connectivity index (χ4n) is 2.97. The predicted octanol–water partition coefficient (Wildman–Crippen LogP) is 4.82. The number of nitriles is 1. The highest BCUT2D eigenvalue weighted by atomic mass is 16.1. The summed E-state index contributed by atoms with van der Waals surface area (Å²) in [7, 11) is 0. The third kappa shape index (κ3) is 3.84. The number of carbonyl (C=O) groups is 1. The van der Waals surface area contributed by atoms with Crippen LogP contribution in [0.1, 0.15) is 23.1 Å². The summed E-state index contributed by atoms with van der Waals surface area (Å²) in [5.41, 5.74) is 5.00. The second-order valence-corrected chi connectivity index (χ2v) is 6.34. The molecule has 0 aliphatic rings. The number of hydrogen-bond acceptors (Lipinski definition) is 2. The van der Waals surface area contributed by atoms with Gasteiger partial charge in [0.15, 0.2) is 0 Å². The minimum atomic E-state index is -0.160. The van der Waals surface area contributed by atoms with Gasteiger partial charge in [-0.1, -0.05) is 30.3 Å². The van der Waals surface area contributed by atoms with Gasteiger partial charge in [-0.15, -0.1) is 0 Å². The Morgan fingerprint density at radius 2 is 2.04 bits per heavy atom. The van der Waals surface area contributed by atoms with Crippen LogP contribution in [-0.2, 0) is 11.3 Å². The number of nitrogens with one attached hydrogen (secondary N) is 1. The Morgan fingerprint density at radius 3 is 2.85 bits per heavy atom. The number of aromatic nitrogens is 1. The number of para-hydroxylation sites is 1. The number of rotatable bonds is 5. The molecule has 1 N–H and O–H groups in total. The van der Waals surface area contributed by atoms with Crippen molar-refractivity contribution in [2.75, 3.05) is 5.32 Å². The van der Waals surface area contributed by atoms with E-state index in [2.05, 4.69) is 16.0 Å². The molecule has 1 aromatic heterocycles. The fourth-order valence-corrected chi connectivity index (χ4v) is 2.97. The lowest BCUT2D eigenvalue weighted by Gasteiger charge is -2.07. The van der Waals surface area contributed by atoms with Crippen LogP contribution in [0.25, 0.3) is 17.0 Å². The van der Waals surface area contributed by atoms with Crippen molar-refractivity contribution >= 4 is 28.6 Å². The molecule has 3 rings (SSSR count). The van der Waals surface area contributed by atoms with Crippen LogP contribution in [0.15, 0.2) is 54.7 Å². The molecule has 0 radical (unpaired) electrons. The molecule has 0 aliphatic heterocycles. The zero-order valence-corrected chi connectivity index (χ0v) is 15.0. The van der Waals surface area contributed by atoms with Gasteiger partial charge in [-0.3, -0.25) is 4.79 Å². The van der Waals surface area contributed by atoms with E-state index < -0.39 is 0 Å². The number of carbonyl (C=O) groups excluding carboxylic acids is 1. The molecule has 0 unspecified atom stereocenters. The molecule has 1 heterocycles. The van der Waals surface area contributed by atoms with E-state index in [4.69, 9.17) is 5.26 Å². The van der Waals surface area contributed by atoms with Crippen LogP contribution in [0.2, 0.25) is 0 Å².